The van der Waals surface area contributed by atoms with Crippen LogP contribution in [0.2, 0.25) is 0 Å². The van der Waals surface area contributed by atoms with Crippen molar-refractivity contribution >= 4 is 23.2 Å². The lowest BCUT2D eigenvalue weighted by Crippen LogP contribution is -2.48. The predicted molar refractivity (Wildman–Crippen MR) is 112 cm³/mol. The summed E-state index contributed by atoms with van der Waals surface area (Å²) in [5, 5.41) is 9.87. The van der Waals surface area contributed by atoms with Gasteiger partial charge in [-0.1, -0.05) is 20.3 Å². The molecule has 1 aromatic heterocycles. The second kappa shape index (κ2) is 9.65. The second-order valence-corrected chi connectivity index (χ2v) is 8.01. The van der Waals surface area contributed by atoms with Gasteiger partial charge in [-0.3, -0.25) is 14.5 Å². The number of hydrogen-bond acceptors (Lipinski definition) is 5. The van der Waals surface area contributed by atoms with Gasteiger partial charge < -0.3 is 10.6 Å². The van der Waals surface area contributed by atoms with Crippen LogP contribution in [0.4, 0.5) is 11.4 Å². The number of rotatable bonds is 7. The highest BCUT2D eigenvalue weighted by Crippen LogP contribution is 2.21. The fourth-order valence-electron chi connectivity index (χ4n) is 3.62. The first-order valence-corrected chi connectivity index (χ1v) is 10.2. The van der Waals surface area contributed by atoms with Gasteiger partial charge in [0, 0.05) is 17.9 Å². The lowest BCUT2D eigenvalue weighted by atomic mass is 9.99. The molecule has 1 aliphatic heterocycles. The standard InChI is InChI=1S/C21H30N6O2/c1-15(2)12-26-11-5-4-6-19(26)21(29)25-18-9-7-17(8-10-18)24-20(28)16(3)27-14-22-13-23-27/h7-10,13-16,19H,4-6,11-12H2,1-3H3,(H,24,28)(H,25,29)/t16-,19+/m0/s1. The van der Waals surface area contributed by atoms with Crippen molar-refractivity contribution in [3.05, 3.63) is 36.9 Å². The van der Waals surface area contributed by atoms with Crippen molar-refractivity contribution in [3.63, 3.8) is 0 Å². The smallest absolute Gasteiger partial charge is 0.249 e. The summed E-state index contributed by atoms with van der Waals surface area (Å²) in [6.07, 6.45) is 6.04. The largest absolute Gasteiger partial charge is 0.325 e. The number of aromatic nitrogens is 3. The molecule has 1 aliphatic rings. The number of likely N-dealkylation sites (tertiary alicyclic amines) is 1. The molecule has 0 saturated carbocycles. The summed E-state index contributed by atoms with van der Waals surface area (Å²) in [4.78, 5) is 31.3. The summed E-state index contributed by atoms with van der Waals surface area (Å²) in [5.74, 6) is 0.395. The van der Waals surface area contributed by atoms with Crippen LogP contribution in [-0.4, -0.2) is 50.6 Å². The van der Waals surface area contributed by atoms with Crippen LogP contribution in [0, 0.1) is 5.92 Å². The lowest BCUT2D eigenvalue weighted by Gasteiger charge is -2.35. The average molecular weight is 399 g/mol. The number of carbonyl (C=O) groups excluding carboxylic acids is 2. The Balaban J connectivity index is 1.57. The molecule has 0 aliphatic carbocycles. The van der Waals surface area contributed by atoms with E-state index in [1.807, 2.05) is 12.1 Å². The number of nitrogens with one attached hydrogen (secondary N) is 2. The normalized spacial score (nSPS) is 18.4. The van der Waals surface area contributed by atoms with E-state index in [2.05, 4.69) is 39.5 Å². The zero-order valence-corrected chi connectivity index (χ0v) is 17.3. The van der Waals surface area contributed by atoms with Gasteiger partial charge in [0.05, 0.1) is 6.04 Å². The summed E-state index contributed by atoms with van der Waals surface area (Å²) >= 11 is 0. The van der Waals surface area contributed by atoms with Gasteiger partial charge in [0.1, 0.15) is 18.7 Å². The predicted octanol–water partition coefficient (Wildman–Crippen LogP) is 2.93. The number of carbonyl (C=O) groups is 2. The van der Waals surface area contributed by atoms with Gasteiger partial charge in [0.15, 0.2) is 0 Å². The Bertz CT molecular complexity index is 803. The molecule has 8 nitrogen and oxygen atoms in total. The van der Waals surface area contributed by atoms with Crippen LogP contribution in [0.25, 0.3) is 0 Å². The Hall–Kier alpha value is -2.74. The van der Waals surface area contributed by atoms with E-state index in [1.165, 1.54) is 17.3 Å². The summed E-state index contributed by atoms with van der Waals surface area (Å²) < 4.78 is 1.50. The van der Waals surface area contributed by atoms with Gasteiger partial charge in [0.2, 0.25) is 11.8 Å². The summed E-state index contributed by atoms with van der Waals surface area (Å²) in [6, 6.07) is 6.65. The third-order valence-corrected chi connectivity index (χ3v) is 5.15. The van der Waals surface area contributed by atoms with E-state index in [1.54, 1.807) is 19.1 Å². The first-order valence-electron chi connectivity index (χ1n) is 10.2. The van der Waals surface area contributed by atoms with Crippen LogP contribution < -0.4 is 10.6 Å². The maximum Gasteiger partial charge on any atom is 0.249 e. The van der Waals surface area contributed by atoms with Crippen molar-refractivity contribution < 1.29 is 9.59 Å². The lowest BCUT2D eigenvalue weighted by molar-refractivity contribution is -0.122. The van der Waals surface area contributed by atoms with Crippen LogP contribution in [0.5, 0.6) is 0 Å². The fraction of sp³-hybridized carbons (Fsp3) is 0.524. The molecule has 2 aromatic rings. The van der Waals surface area contributed by atoms with Gasteiger partial charge in [0.25, 0.3) is 0 Å². The van der Waals surface area contributed by atoms with Crippen LogP contribution in [0.3, 0.4) is 0 Å². The van der Waals surface area contributed by atoms with Crippen molar-refractivity contribution in [2.24, 2.45) is 5.92 Å². The Morgan fingerprint density at radius 1 is 1.10 bits per heavy atom. The minimum atomic E-state index is -0.463. The Morgan fingerprint density at radius 3 is 2.41 bits per heavy atom. The zero-order valence-electron chi connectivity index (χ0n) is 17.3. The van der Waals surface area contributed by atoms with Crippen LogP contribution in [-0.2, 0) is 9.59 Å². The number of nitrogens with zero attached hydrogens (tertiary/aromatic N) is 4. The topological polar surface area (TPSA) is 92.2 Å². The SMILES string of the molecule is CC(C)CN1CCCC[C@@H]1C(=O)Nc1ccc(NC(=O)[C@H](C)n2cncn2)cc1. The molecule has 2 amide bonds. The summed E-state index contributed by atoms with van der Waals surface area (Å²) in [7, 11) is 0. The van der Waals surface area contributed by atoms with E-state index >= 15 is 0 Å². The van der Waals surface area contributed by atoms with Crippen LogP contribution >= 0.6 is 0 Å². The molecule has 2 N–H and O–H groups in total. The van der Waals surface area contributed by atoms with Crippen molar-refractivity contribution in [1.29, 1.82) is 0 Å². The minimum Gasteiger partial charge on any atom is -0.325 e. The summed E-state index contributed by atoms with van der Waals surface area (Å²) in [5.41, 5.74) is 1.39. The maximum atomic E-state index is 12.8. The third-order valence-electron chi connectivity index (χ3n) is 5.15. The molecule has 2 atom stereocenters. The molecule has 2 heterocycles. The Labute approximate surface area is 171 Å². The number of amides is 2. The second-order valence-electron chi connectivity index (χ2n) is 8.01. The van der Waals surface area contributed by atoms with E-state index in [-0.39, 0.29) is 17.9 Å². The molecule has 1 fully saturated rings. The van der Waals surface area contributed by atoms with Crippen molar-refractivity contribution in [3.8, 4) is 0 Å². The number of benzene rings is 1. The van der Waals surface area contributed by atoms with Gasteiger partial charge >= 0.3 is 0 Å². The summed E-state index contributed by atoms with van der Waals surface area (Å²) in [6.45, 7) is 8.03. The first-order chi connectivity index (χ1) is 13.9. The molecule has 29 heavy (non-hydrogen) atoms. The van der Waals surface area contributed by atoms with E-state index in [0.717, 1.165) is 38.0 Å². The molecule has 1 aromatic carbocycles. The first kappa shape index (κ1) is 21.0. The van der Waals surface area contributed by atoms with E-state index < -0.39 is 6.04 Å². The Morgan fingerprint density at radius 2 is 1.79 bits per heavy atom. The molecule has 0 unspecified atom stereocenters. The highest BCUT2D eigenvalue weighted by molar-refractivity contribution is 5.96. The van der Waals surface area contributed by atoms with Gasteiger partial charge in [-0.15, -0.1) is 0 Å². The highest BCUT2D eigenvalue weighted by Gasteiger charge is 2.28. The molecular weight excluding hydrogens is 368 g/mol. The maximum absolute atomic E-state index is 12.8. The van der Waals surface area contributed by atoms with Gasteiger partial charge in [-0.2, -0.15) is 5.10 Å². The van der Waals surface area contributed by atoms with Gasteiger partial charge in [-0.25, -0.2) is 9.67 Å². The van der Waals surface area contributed by atoms with E-state index in [9.17, 15) is 9.59 Å². The van der Waals surface area contributed by atoms with Crippen molar-refractivity contribution in [1.82, 2.24) is 19.7 Å². The molecular formula is C21H30N6O2. The number of hydrogen-bond donors (Lipinski definition) is 2. The van der Waals surface area contributed by atoms with Crippen LogP contribution in [0.1, 0.15) is 46.1 Å². The zero-order chi connectivity index (χ0) is 20.8. The molecule has 0 radical (unpaired) electrons. The third kappa shape index (κ3) is 5.63. The molecule has 3 rings (SSSR count). The average Bonchev–Trinajstić information content (AvgIpc) is 3.23. The molecule has 1 saturated heterocycles. The molecule has 0 bridgehead atoms. The Kier molecular flexibility index (Phi) is 6.98. The number of anilines is 2. The van der Waals surface area contributed by atoms with E-state index in [0.29, 0.717) is 11.6 Å². The van der Waals surface area contributed by atoms with Gasteiger partial charge in [-0.05, 0) is 56.5 Å². The molecule has 156 valence electrons. The van der Waals surface area contributed by atoms with Crippen molar-refractivity contribution in [2.45, 2.75) is 52.1 Å². The molecule has 8 heteroatoms. The quantitative estimate of drug-likeness (QED) is 0.748. The van der Waals surface area contributed by atoms with E-state index in [4.69, 9.17) is 0 Å². The fourth-order valence-corrected chi connectivity index (χ4v) is 3.62. The minimum absolute atomic E-state index is 0.0435. The number of piperidine rings is 1. The monoisotopic (exact) mass is 398 g/mol. The molecule has 0 spiro atoms. The highest BCUT2D eigenvalue weighted by atomic mass is 16.2. The van der Waals surface area contributed by atoms with Crippen LogP contribution in [0.15, 0.2) is 36.9 Å². The van der Waals surface area contributed by atoms with Crippen molar-refractivity contribution in [2.75, 3.05) is 23.7 Å².